The minimum atomic E-state index is -1.13. The Kier molecular flexibility index (Phi) is 7.10. The van der Waals surface area contributed by atoms with E-state index in [1.54, 1.807) is 32.9 Å². The van der Waals surface area contributed by atoms with Crippen LogP contribution in [0, 0.1) is 5.41 Å². The first-order chi connectivity index (χ1) is 11.6. The summed E-state index contributed by atoms with van der Waals surface area (Å²) in [5, 5.41) is 16.1. The highest BCUT2D eigenvalue weighted by atomic mass is 16.4. The van der Waals surface area contributed by atoms with Crippen molar-refractivity contribution >= 4 is 29.4 Å². The molecule has 8 heteroatoms. The maximum atomic E-state index is 11.8. The van der Waals surface area contributed by atoms with E-state index in [4.69, 9.17) is 5.11 Å². The molecular formula is C17H23N3O5. The van der Waals surface area contributed by atoms with E-state index >= 15 is 0 Å². The molecule has 0 bridgehead atoms. The largest absolute Gasteiger partial charge is 0.480 e. The number of rotatable bonds is 7. The summed E-state index contributed by atoms with van der Waals surface area (Å²) in [4.78, 5) is 45.6. The predicted molar refractivity (Wildman–Crippen MR) is 92.1 cm³/mol. The zero-order valence-corrected chi connectivity index (χ0v) is 14.5. The molecule has 25 heavy (non-hydrogen) atoms. The first-order valence-electron chi connectivity index (χ1n) is 7.78. The van der Waals surface area contributed by atoms with Crippen LogP contribution in [0.4, 0.5) is 5.69 Å². The summed E-state index contributed by atoms with van der Waals surface area (Å²) in [5.74, 6) is -2.03. The number of carbonyl (C=O) groups is 4. The van der Waals surface area contributed by atoms with Gasteiger partial charge in [0.25, 0.3) is 5.91 Å². The van der Waals surface area contributed by atoms with Gasteiger partial charge in [-0.15, -0.1) is 0 Å². The van der Waals surface area contributed by atoms with E-state index in [9.17, 15) is 19.2 Å². The molecule has 0 saturated heterocycles. The topological polar surface area (TPSA) is 125 Å². The third-order valence-electron chi connectivity index (χ3n) is 3.15. The second kappa shape index (κ2) is 8.81. The summed E-state index contributed by atoms with van der Waals surface area (Å²) in [6.45, 7) is 5.14. The summed E-state index contributed by atoms with van der Waals surface area (Å²) < 4.78 is 0. The Hall–Kier alpha value is -2.90. The van der Waals surface area contributed by atoms with Crippen LogP contribution in [0.25, 0.3) is 0 Å². The molecule has 1 rings (SSSR count). The number of anilines is 1. The fraction of sp³-hybridized carbons (Fsp3) is 0.412. The van der Waals surface area contributed by atoms with Crippen molar-refractivity contribution in [2.75, 3.05) is 18.4 Å². The van der Waals surface area contributed by atoms with Crippen molar-refractivity contribution < 1.29 is 24.3 Å². The standard InChI is InChI=1S/C17H23N3O5/c1-17(2,3)16(25)18-9-8-13(21)20-12-6-4-11(5-7-12)15(24)19-10-14(22)23/h4-7H,8-10H2,1-3H3,(H,18,25)(H,19,24)(H,20,21)(H,22,23). The van der Waals surface area contributed by atoms with Crippen LogP contribution < -0.4 is 16.0 Å². The van der Waals surface area contributed by atoms with Crippen molar-refractivity contribution in [2.24, 2.45) is 5.41 Å². The van der Waals surface area contributed by atoms with Gasteiger partial charge in [0.15, 0.2) is 0 Å². The minimum Gasteiger partial charge on any atom is -0.480 e. The Morgan fingerprint density at radius 3 is 2.12 bits per heavy atom. The lowest BCUT2D eigenvalue weighted by Gasteiger charge is -2.17. The lowest BCUT2D eigenvalue weighted by atomic mass is 9.96. The van der Waals surface area contributed by atoms with Crippen molar-refractivity contribution in [2.45, 2.75) is 27.2 Å². The zero-order valence-electron chi connectivity index (χ0n) is 14.5. The molecule has 0 heterocycles. The molecule has 1 aromatic rings. The van der Waals surface area contributed by atoms with Gasteiger partial charge >= 0.3 is 5.97 Å². The Morgan fingerprint density at radius 2 is 1.60 bits per heavy atom. The third kappa shape index (κ3) is 7.47. The van der Waals surface area contributed by atoms with Gasteiger partial charge in [0.05, 0.1) is 0 Å². The van der Waals surface area contributed by atoms with Crippen LogP contribution >= 0.6 is 0 Å². The number of amides is 3. The lowest BCUT2D eigenvalue weighted by Crippen LogP contribution is -2.36. The van der Waals surface area contributed by atoms with Crippen molar-refractivity contribution in [3.63, 3.8) is 0 Å². The van der Waals surface area contributed by atoms with Crippen LogP contribution in [0.2, 0.25) is 0 Å². The van der Waals surface area contributed by atoms with E-state index < -0.39 is 23.8 Å². The SMILES string of the molecule is CC(C)(C)C(=O)NCCC(=O)Nc1ccc(C(=O)NCC(=O)O)cc1. The van der Waals surface area contributed by atoms with Crippen LogP contribution in [0.15, 0.2) is 24.3 Å². The van der Waals surface area contributed by atoms with Gasteiger partial charge in [-0.05, 0) is 24.3 Å². The molecule has 0 saturated carbocycles. The van der Waals surface area contributed by atoms with E-state index in [0.29, 0.717) is 5.69 Å². The molecule has 0 atom stereocenters. The van der Waals surface area contributed by atoms with E-state index in [2.05, 4.69) is 16.0 Å². The number of carboxylic acids is 1. The highest BCUT2D eigenvalue weighted by molar-refractivity contribution is 5.97. The fourth-order valence-corrected chi connectivity index (χ4v) is 1.74. The molecule has 0 fully saturated rings. The molecule has 0 aliphatic carbocycles. The van der Waals surface area contributed by atoms with Crippen LogP contribution in [0.3, 0.4) is 0 Å². The molecule has 0 unspecified atom stereocenters. The second-order valence-corrected chi connectivity index (χ2v) is 6.46. The first-order valence-corrected chi connectivity index (χ1v) is 7.78. The Bertz CT molecular complexity index is 647. The third-order valence-corrected chi connectivity index (χ3v) is 3.15. The lowest BCUT2D eigenvalue weighted by molar-refractivity contribution is -0.135. The normalized spacial score (nSPS) is 10.7. The van der Waals surface area contributed by atoms with E-state index in [-0.39, 0.29) is 30.3 Å². The van der Waals surface area contributed by atoms with Gasteiger partial charge in [-0.2, -0.15) is 0 Å². The van der Waals surface area contributed by atoms with Gasteiger partial charge in [0, 0.05) is 29.6 Å². The highest BCUT2D eigenvalue weighted by Crippen LogP contribution is 2.12. The van der Waals surface area contributed by atoms with Gasteiger partial charge in [0.1, 0.15) is 6.54 Å². The summed E-state index contributed by atoms with van der Waals surface area (Å²) in [7, 11) is 0. The average Bonchev–Trinajstić information content (AvgIpc) is 2.52. The molecule has 0 radical (unpaired) electrons. The van der Waals surface area contributed by atoms with Gasteiger partial charge in [-0.25, -0.2) is 0 Å². The number of hydrogen-bond acceptors (Lipinski definition) is 4. The maximum Gasteiger partial charge on any atom is 0.322 e. The van der Waals surface area contributed by atoms with Crippen LogP contribution in [0.1, 0.15) is 37.6 Å². The minimum absolute atomic E-state index is 0.128. The summed E-state index contributed by atoms with van der Waals surface area (Å²) >= 11 is 0. The van der Waals surface area contributed by atoms with E-state index in [1.165, 1.54) is 12.1 Å². The molecule has 1 aromatic carbocycles. The number of benzene rings is 1. The van der Waals surface area contributed by atoms with Crippen LogP contribution in [0.5, 0.6) is 0 Å². The Morgan fingerprint density at radius 1 is 1.00 bits per heavy atom. The molecular weight excluding hydrogens is 326 g/mol. The monoisotopic (exact) mass is 349 g/mol. The molecule has 0 spiro atoms. The quantitative estimate of drug-likeness (QED) is 0.584. The van der Waals surface area contributed by atoms with Crippen molar-refractivity contribution in [3.05, 3.63) is 29.8 Å². The number of carboxylic acid groups (broad SMARTS) is 1. The molecule has 136 valence electrons. The van der Waals surface area contributed by atoms with Crippen molar-refractivity contribution in [1.82, 2.24) is 10.6 Å². The van der Waals surface area contributed by atoms with E-state index in [1.807, 2.05) is 0 Å². The van der Waals surface area contributed by atoms with Gasteiger partial charge in [-0.1, -0.05) is 20.8 Å². The summed E-state index contributed by atoms with van der Waals surface area (Å²) in [6.07, 6.45) is 0.128. The maximum absolute atomic E-state index is 11.8. The fourth-order valence-electron chi connectivity index (χ4n) is 1.74. The van der Waals surface area contributed by atoms with Crippen molar-refractivity contribution in [3.8, 4) is 0 Å². The van der Waals surface area contributed by atoms with Crippen molar-refractivity contribution in [1.29, 1.82) is 0 Å². The number of carbonyl (C=O) groups excluding carboxylic acids is 3. The highest BCUT2D eigenvalue weighted by Gasteiger charge is 2.20. The predicted octanol–water partition coefficient (Wildman–Crippen LogP) is 0.992. The second-order valence-electron chi connectivity index (χ2n) is 6.46. The molecule has 3 amide bonds. The smallest absolute Gasteiger partial charge is 0.322 e. The van der Waals surface area contributed by atoms with Crippen LogP contribution in [-0.4, -0.2) is 41.9 Å². The average molecular weight is 349 g/mol. The molecule has 4 N–H and O–H groups in total. The Labute approximate surface area is 146 Å². The van der Waals surface area contributed by atoms with E-state index in [0.717, 1.165) is 0 Å². The number of nitrogens with one attached hydrogen (secondary N) is 3. The first kappa shape index (κ1) is 20.1. The molecule has 0 aromatic heterocycles. The zero-order chi connectivity index (χ0) is 19.0. The molecule has 0 aliphatic rings. The summed E-state index contributed by atoms with van der Waals surface area (Å²) in [5.41, 5.74) is 0.284. The van der Waals surface area contributed by atoms with Gasteiger partial charge in [-0.3, -0.25) is 19.2 Å². The van der Waals surface area contributed by atoms with Gasteiger partial charge in [0.2, 0.25) is 11.8 Å². The molecule has 0 aliphatic heterocycles. The number of aliphatic carboxylic acids is 1. The number of hydrogen-bond donors (Lipinski definition) is 4. The van der Waals surface area contributed by atoms with Gasteiger partial charge < -0.3 is 21.1 Å². The molecule has 8 nitrogen and oxygen atoms in total. The van der Waals surface area contributed by atoms with Crippen LogP contribution in [-0.2, 0) is 14.4 Å². The Balaban J connectivity index is 2.44. The summed E-state index contributed by atoms with van der Waals surface area (Å²) in [6, 6.07) is 6.05.